The van der Waals surface area contributed by atoms with Gasteiger partial charge in [0, 0.05) is 6.42 Å². The standard InChI is InChI=1S/C31H42O/c1-3-5-6-7-8-9-10-11-12-13-14-15-16-17-18-19-20-21-22-23-24-25-26-27-28-30-31(32)29-4-2/h3-8,15-18,20-23,25-29H,1,9-14,19,24,30H2,2H3/b6-5+,8-7+,16-15+,18-17+,21-20+,23-22+,26-25+,28-27+,29-4+. The maximum atomic E-state index is 11.3. The van der Waals surface area contributed by atoms with Crippen molar-refractivity contribution in [3.05, 3.63) is 122 Å². The molecule has 0 rings (SSSR count). The Hall–Kier alpha value is -2.93. The minimum atomic E-state index is 0.134. The molecule has 32 heavy (non-hydrogen) atoms. The first kappa shape index (κ1) is 29.1. The fourth-order valence-electron chi connectivity index (χ4n) is 2.67. The number of carbonyl (C=O) groups excluding carboxylic acids is 1. The molecule has 0 atom stereocenters. The van der Waals surface area contributed by atoms with E-state index < -0.39 is 0 Å². The van der Waals surface area contributed by atoms with Gasteiger partial charge in [-0.15, -0.1) is 0 Å². The van der Waals surface area contributed by atoms with Gasteiger partial charge in [-0.2, -0.15) is 0 Å². The Labute approximate surface area is 197 Å². The van der Waals surface area contributed by atoms with E-state index in [0.717, 1.165) is 25.7 Å². The third-order valence-corrected chi connectivity index (χ3v) is 4.35. The molecule has 0 aliphatic rings. The Morgan fingerprint density at radius 1 is 0.594 bits per heavy atom. The summed E-state index contributed by atoms with van der Waals surface area (Å²) in [6, 6.07) is 0. The molecular weight excluding hydrogens is 388 g/mol. The molecule has 0 spiro atoms. The van der Waals surface area contributed by atoms with Crippen molar-refractivity contribution in [1.82, 2.24) is 0 Å². The summed E-state index contributed by atoms with van der Waals surface area (Å²) in [6.45, 7) is 5.50. The molecule has 0 saturated heterocycles. The van der Waals surface area contributed by atoms with E-state index in [9.17, 15) is 4.79 Å². The van der Waals surface area contributed by atoms with Crippen LogP contribution >= 0.6 is 0 Å². The van der Waals surface area contributed by atoms with Crippen molar-refractivity contribution in [2.24, 2.45) is 0 Å². The third-order valence-electron chi connectivity index (χ3n) is 4.35. The number of unbranched alkanes of at least 4 members (excludes halogenated alkanes) is 5. The zero-order valence-corrected chi connectivity index (χ0v) is 19.9. The molecule has 0 amide bonds. The van der Waals surface area contributed by atoms with Crippen molar-refractivity contribution in [3.8, 4) is 0 Å². The van der Waals surface area contributed by atoms with E-state index in [1.54, 1.807) is 18.2 Å². The van der Waals surface area contributed by atoms with Crippen LogP contribution in [0.25, 0.3) is 0 Å². The van der Waals surface area contributed by atoms with Gasteiger partial charge in [-0.3, -0.25) is 4.79 Å². The number of rotatable bonds is 19. The fraction of sp³-hybridized carbons (Fsp3) is 0.323. The maximum absolute atomic E-state index is 11.3. The van der Waals surface area contributed by atoms with Gasteiger partial charge in [0.15, 0.2) is 5.78 Å². The van der Waals surface area contributed by atoms with Crippen LogP contribution in [-0.2, 0) is 4.79 Å². The second kappa shape index (κ2) is 26.1. The first-order valence-electron chi connectivity index (χ1n) is 11.9. The summed E-state index contributed by atoms with van der Waals surface area (Å²) in [6.07, 6.45) is 48.3. The largest absolute Gasteiger partial charge is 0.295 e. The predicted molar refractivity (Wildman–Crippen MR) is 145 cm³/mol. The van der Waals surface area contributed by atoms with E-state index in [1.165, 1.54) is 25.7 Å². The lowest BCUT2D eigenvalue weighted by atomic mass is 10.1. The lowest BCUT2D eigenvalue weighted by Gasteiger charge is -1.96. The monoisotopic (exact) mass is 430 g/mol. The lowest BCUT2D eigenvalue weighted by Crippen LogP contribution is -1.87. The van der Waals surface area contributed by atoms with E-state index in [2.05, 4.69) is 73.4 Å². The SMILES string of the molecule is C=C/C=C/C=C/CCCCCC/C=C/C=C/C/C=C/C=C/C/C=C/C=C/CC(=O)/C=C/C. The van der Waals surface area contributed by atoms with Gasteiger partial charge in [-0.1, -0.05) is 129 Å². The normalized spacial score (nSPS) is 13.4. The van der Waals surface area contributed by atoms with E-state index >= 15 is 0 Å². The van der Waals surface area contributed by atoms with Crippen molar-refractivity contribution >= 4 is 5.78 Å². The Balaban J connectivity index is 3.60. The second-order valence-corrected chi connectivity index (χ2v) is 7.25. The second-order valence-electron chi connectivity index (χ2n) is 7.25. The maximum Gasteiger partial charge on any atom is 0.159 e. The summed E-state index contributed by atoms with van der Waals surface area (Å²) in [5, 5.41) is 0. The minimum Gasteiger partial charge on any atom is -0.295 e. The number of carbonyl (C=O) groups is 1. The van der Waals surface area contributed by atoms with Gasteiger partial charge >= 0.3 is 0 Å². The molecule has 172 valence electrons. The quantitative estimate of drug-likeness (QED) is 0.113. The van der Waals surface area contributed by atoms with E-state index in [1.807, 2.05) is 37.3 Å². The van der Waals surface area contributed by atoms with Crippen molar-refractivity contribution < 1.29 is 4.79 Å². The van der Waals surface area contributed by atoms with Gasteiger partial charge in [-0.25, -0.2) is 0 Å². The molecule has 0 aromatic carbocycles. The number of hydrogen-bond donors (Lipinski definition) is 0. The molecular formula is C31H42O. The Morgan fingerprint density at radius 3 is 1.56 bits per heavy atom. The van der Waals surface area contributed by atoms with Crippen LogP contribution in [0.1, 0.15) is 64.7 Å². The van der Waals surface area contributed by atoms with Crippen LogP contribution in [0.2, 0.25) is 0 Å². The summed E-state index contributed by atoms with van der Waals surface area (Å²) >= 11 is 0. The Morgan fingerprint density at radius 2 is 1.06 bits per heavy atom. The highest BCUT2D eigenvalue weighted by Gasteiger charge is 1.88. The smallest absolute Gasteiger partial charge is 0.159 e. The molecule has 0 radical (unpaired) electrons. The highest BCUT2D eigenvalue weighted by Crippen LogP contribution is 2.06. The van der Waals surface area contributed by atoms with E-state index in [-0.39, 0.29) is 5.78 Å². The van der Waals surface area contributed by atoms with Crippen molar-refractivity contribution in [3.63, 3.8) is 0 Å². The molecule has 1 nitrogen and oxygen atoms in total. The molecule has 0 bridgehead atoms. The Kier molecular flexibility index (Phi) is 23.7. The predicted octanol–water partition coefficient (Wildman–Crippen LogP) is 9.28. The summed E-state index contributed by atoms with van der Waals surface area (Å²) < 4.78 is 0. The van der Waals surface area contributed by atoms with Crippen LogP contribution in [0.5, 0.6) is 0 Å². The van der Waals surface area contributed by atoms with Crippen molar-refractivity contribution in [1.29, 1.82) is 0 Å². The van der Waals surface area contributed by atoms with Gasteiger partial charge in [0.25, 0.3) is 0 Å². The molecule has 0 saturated carbocycles. The zero-order chi connectivity index (χ0) is 23.4. The molecule has 0 aromatic rings. The minimum absolute atomic E-state index is 0.134. The average Bonchev–Trinajstić information content (AvgIpc) is 2.79. The molecule has 0 unspecified atom stereocenters. The number of ketones is 1. The van der Waals surface area contributed by atoms with E-state index in [0.29, 0.717) is 6.42 Å². The summed E-state index contributed by atoms with van der Waals surface area (Å²) in [7, 11) is 0. The highest BCUT2D eigenvalue weighted by molar-refractivity contribution is 5.90. The molecule has 0 fully saturated rings. The van der Waals surface area contributed by atoms with Crippen LogP contribution in [-0.4, -0.2) is 5.78 Å². The van der Waals surface area contributed by atoms with Gasteiger partial charge in [0.1, 0.15) is 0 Å². The lowest BCUT2D eigenvalue weighted by molar-refractivity contribution is -0.113. The van der Waals surface area contributed by atoms with Crippen LogP contribution in [0, 0.1) is 0 Å². The third kappa shape index (κ3) is 25.1. The summed E-state index contributed by atoms with van der Waals surface area (Å²) in [4.78, 5) is 11.3. The molecule has 0 aromatic heterocycles. The molecule has 0 N–H and O–H groups in total. The zero-order valence-electron chi connectivity index (χ0n) is 19.9. The van der Waals surface area contributed by atoms with Crippen molar-refractivity contribution in [2.45, 2.75) is 64.7 Å². The van der Waals surface area contributed by atoms with E-state index in [4.69, 9.17) is 0 Å². The topological polar surface area (TPSA) is 17.1 Å². The van der Waals surface area contributed by atoms with Gasteiger partial charge in [0.2, 0.25) is 0 Å². The average molecular weight is 431 g/mol. The first-order chi connectivity index (χ1) is 15.8. The molecule has 0 aliphatic heterocycles. The fourth-order valence-corrected chi connectivity index (χ4v) is 2.67. The van der Waals surface area contributed by atoms with Gasteiger partial charge < -0.3 is 0 Å². The molecule has 0 heterocycles. The summed E-state index contributed by atoms with van der Waals surface area (Å²) in [5.74, 6) is 0.134. The summed E-state index contributed by atoms with van der Waals surface area (Å²) in [5.41, 5.74) is 0. The van der Waals surface area contributed by atoms with Crippen LogP contribution < -0.4 is 0 Å². The highest BCUT2D eigenvalue weighted by atomic mass is 16.1. The van der Waals surface area contributed by atoms with Crippen molar-refractivity contribution in [2.75, 3.05) is 0 Å². The Bertz CT molecular complexity index is 718. The van der Waals surface area contributed by atoms with Crippen LogP contribution in [0.4, 0.5) is 0 Å². The van der Waals surface area contributed by atoms with Crippen LogP contribution in [0.15, 0.2) is 122 Å². The number of allylic oxidation sites excluding steroid dienone is 19. The number of hydrogen-bond acceptors (Lipinski definition) is 1. The van der Waals surface area contributed by atoms with Gasteiger partial charge in [-0.05, 0) is 51.5 Å². The first-order valence-corrected chi connectivity index (χ1v) is 11.9. The van der Waals surface area contributed by atoms with Crippen LogP contribution in [0.3, 0.4) is 0 Å². The molecule has 0 aliphatic carbocycles. The molecule has 1 heteroatoms. The van der Waals surface area contributed by atoms with Gasteiger partial charge in [0.05, 0.1) is 0 Å².